The van der Waals surface area contributed by atoms with Crippen molar-refractivity contribution >= 4 is 44.6 Å². The Morgan fingerprint density at radius 2 is 2.18 bits per heavy atom. The molecule has 0 aliphatic rings. The van der Waals surface area contributed by atoms with Crippen LogP contribution in [0.5, 0.6) is 0 Å². The van der Waals surface area contributed by atoms with Crippen molar-refractivity contribution in [1.82, 2.24) is 0 Å². The molecular weight excluding hydrogens is 318 g/mol. The van der Waals surface area contributed by atoms with Gasteiger partial charge in [0.05, 0.1) is 0 Å². The summed E-state index contributed by atoms with van der Waals surface area (Å²) in [7, 11) is 2.09. The van der Waals surface area contributed by atoms with Crippen LogP contribution in [0, 0.1) is 0 Å². The average Bonchev–Trinajstić information content (AvgIpc) is 2.81. The molecule has 17 heavy (non-hydrogen) atoms. The lowest BCUT2D eigenvalue weighted by Crippen LogP contribution is -2.17. The monoisotopic (exact) mass is 329 g/mol. The first-order valence-electron chi connectivity index (χ1n) is 5.28. The first-order valence-corrected chi connectivity index (χ1v) is 7.72. The maximum Gasteiger partial charge on any atom is 0.0467 e. The quantitative estimate of drug-likeness (QED) is 0.718. The summed E-state index contributed by atoms with van der Waals surface area (Å²) in [5.74, 6) is 0. The van der Waals surface area contributed by atoms with Crippen LogP contribution in [0.3, 0.4) is 0 Å². The minimum absolute atomic E-state index is 0.774. The van der Waals surface area contributed by atoms with Crippen LogP contribution >= 0.6 is 38.9 Å². The van der Waals surface area contributed by atoms with Crippen LogP contribution in [0.2, 0.25) is 5.02 Å². The predicted molar refractivity (Wildman–Crippen MR) is 80.5 cm³/mol. The van der Waals surface area contributed by atoms with E-state index in [1.54, 1.807) is 11.3 Å². The number of hydrogen-bond acceptors (Lipinski definition) is 2. The zero-order chi connectivity index (χ0) is 12.3. The zero-order valence-corrected chi connectivity index (χ0v) is 12.6. The lowest BCUT2D eigenvalue weighted by molar-refractivity contribution is 0.921. The molecule has 0 saturated heterocycles. The number of halogens is 2. The van der Waals surface area contributed by atoms with Crippen LogP contribution in [0.25, 0.3) is 0 Å². The summed E-state index contributed by atoms with van der Waals surface area (Å²) in [5.41, 5.74) is 3.66. The van der Waals surface area contributed by atoms with Gasteiger partial charge in [-0.15, -0.1) is 0 Å². The van der Waals surface area contributed by atoms with E-state index in [9.17, 15) is 0 Å². The Balaban J connectivity index is 2.24. The van der Waals surface area contributed by atoms with Crippen molar-refractivity contribution in [2.75, 3.05) is 11.9 Å². The van der Waals surface area contributed by atoms with Crippen molar-refractivity contribution in [3.63, 3.8) is 0 Å². The number of rotatable bonds is 4. The highest BCUT2D eigenvalue weighted by Crippen LogP contribution is 2.29. The van der Waals surface area contributed by atoms with E-state index >= 15 is 0 Å². The molecule has 4 heteroatoms. The second kappa shape index (κ2) is 5.89. The van der Waals surface area contributed by atoms with Gasteiger partial charge < -0.3 is 4.90 Å². The van der Waals surface area contributed by atoms with Gasteiger partial charge in [-0.3, -0.25) is 0 Å². The van der Waals surface area contributed by atoms with E-state index in [0.29, 0.717) is 0 Å². The molecule has 1 nitrogen and oxygen atoms in total. The third kappa shape index (κ3) is 3.03. The minimum atomic E-state index is 0.774. The number of alkyl halides is 1. The minimum Gasteiger partial charge on any atom is -0.370 e. The highest BCUT2D eigenvalue weighted by Gasteiger charge is 2.10. The highest BCUT2D eigenvalue weighted by atomic mass is 79.9. The lowest BCUT2D eigenvalue weighted by atomic mass is 10.1. The Morgan fingerprint density at radius 1 is 1.35 bits per heavy atom. The van der Waals surface area contributed by atoms with Gasteiger partial charge in [-0.25, -0.2) is 0 Å². The fraction of sp³-hybridized carbons (Fsp3) is 0.231. The molecule has 1 aromatic carbocycles. The third-order valence-electron chi connectivity index (χ3n) is 2.64. The molecule has 0 unspecified atom stereocenters. The molecule has 1 aromatic heterocycles. The first-order chi connectivity index (χ1) is 8.22. The van der Waals surface area contributed by atoms with Gasteiger partial charge >= 0.3 is 0 Å². The summed E-state index contributed by atoms with van der Waals surface area (Å²) < 4.78 is 0. The predicted octanol–water partition coefficient (Wildman–Crippen LogP) is 4.93. The van der Waals surface area contributed by atoms with Gasteiger partial charge in [0.15, 0.2) is 0 Å². The fourth-order valence-corrected chi connectivity index (χ4v) is 3.43. The molecule has 2 rings (SSSR count). The number of anilines is 1. The van der Waals surface area contributed by atoms with Crippen molar-refractivity contribution in [3.8, 4) is 0 Å². The normalized spacial score (nSPS) is 10.5. The molecule has 0 aliphatic heterocycles. The van der Waals surface area contributed by atoms with E-state index < -0.39 is 0 Å². The largest absolute Gasteiger partial charge is 0.370 e. The van der Waals surface area contributed by atoms with Crippen LogP contribution in [-0.2, 0) is 11.9 Å². The molecular formula is C13H13BrClNS. The SMILES string of the molecule is CN(Cc1ccsc1)c1cccc(Cl)c1CBr. The second-order valence-electron chi connectivity index (χ2n) is 3.86. The van der Waals surface area contributed by atoms with Crippen LogP contribution in [0.1, 0.15) is 11.1 Å². The van der Waals surface area contributed by atoms with Crippen LogP contribution in [-0.4, -0.2) is 7.05 Å². The van der Waals surface area contributed by atoms with Crippen molar-refractivity contribution in [2.24, 2.45) is 0 Å². The van der Waals surface area contributed by atoms with E-state index in [4.69, 9.17) is 11.6 Å². The number of benzene rings is 1. The fourth-order valence-electron chi connectivity index (χ4n) is 1.78. The van der Waals surface area contributed by atoms with Gasteiger partial charge in [-0.2, -0.15) is 11.3 Å². The van der Waals surface area contributed by atoms with Crippen molar-refractivity contribution in [2.45, 2.75) is 11.9 Å². The molecule has 0 N–H and O–H groups in total. The molecule has 0 aliphatic carbocycles. The molecule has 2 aromatic rings. The molecule has 0 spiro atoms. The Kier molecular flexibility index (Phi) is 4.48. The van der Waals surface area contributed by atoms with Gasteiger partial charge in [0.1, 0.15) is 0 Å². The Hall–Kier alpha value is -0.510. The Labute approximate surface area is 119 Å². The third-order valence-corrected chi connectivity index (χ3v) is 4.29. The van der Waals surface area contributed by atoms with E-state index in [0.717, 1.165) is 22.5 Å². The second-order valence-corrected chi connectivity index (χ2v) is 5.61. The van der Waals surface area contributed by atoms with Crippen LogP contribution < -0.4 is 4.90 Å². The Morgan fingerprint density at radius 3 is 2.82 bits per heavy atom. The summed E-state index contributed by atoms with van der Waals surface area (Å²) in [6, 6.07) is 8.18. The standard InChI is InChI=1S/C13H13BrClNS/c1-16(8-10-5-6-17-9-10)13-4-2-3-12(15)11(13)7-14/h2-6,9H,7-8H2,1H3. The van der Waals surface area contributed by atoms with Crippen molar-refractivity contribution < 1.29 is 0 Å². The molecule has 0 saturated carbocycles. The molecule has 90 valence electrons. The van der Waals surface area contributed by atoms with Crippen LogP contribution in [0.15, 0.2) is 35.0 Å². The highest BCUT2D eigenvalue weighted by molar-refractivity contribution is 9.08. The van der Waals surface area contributed by atoms with E-state index in [1.165, 1.54) is 11.3 Å². The number of hydrogen-bond donors (Lipinski definition) is 0. The van der Waals surface area contributed by atoms with E-state index in [-0.39, 0.29) is 0 Å². The molecule has 0 atom stereocenters. The van der Waals surface area contributed by atoms with Gasteiger partial charge in [0.2, 0.25) is 0 Å². The molecule has 0 fully saturated rings. The molecule has 0 radical (unpaired) electrons. The van der Waals surface area contributed by atoms with Crippen LogP contribution in [0.4, 0.5) is 5.69 Å². The number of thiophene rings is 1. The van der Waals surface area contributed by atoms with Gasteiger partial charge in [-0.05, 0) is 34.5 Å². The average molecular weight is 331 g/mol. The van der Waals surface area contributed by atoms with Crippen molar-refractivity contribution in [1.29, 1.82) is 0 Å². The first kappa shape index (κ1) is 12.9. The van der Waals surface area contributed by atoms with E-state index in [1.807, 2.05) is 12.1 Å². The van der Waals surface area contributed by atoms with Crippen molar-refractivity contribution in [3.05, 3.63) is 51.2 Å². The Bertz CT molecular complexity index is 484. The maximum absolute atomic E-state index is 6.20. The van der Waals surface area contributed by atoms with Gasteiger partial charge in [-0.1, -0.05) is 33.6 Å². The smallest absolute Gasteiger partial charge is 0.0467 e. The lowest BCUT2D eigenvalue weighted by Gasteiger charge is -2.22. The number of nitrogens with zero attached hydrogens (tertiary/aromatic N) is 1. The summed E-state index contributed by atoms with van der Waals surface area (Å²) in [5, 5.41) is 5.87. The summed E-state index contributed by atoms with van der Waals surface area (Å²) in [4.78, 5) is 2.23. The molecule has 0 amide bonds. The topological polar surface area (TPSA) is 3.24 Å². The summed E-state index contributed by atoms with van der Waals surface area (Å²) in [6.07, 6.45) is 0. The maximum atomic E-state index is 6.20. The van der Waals surface area contributed by atoms with E-state index in [2.05, 4.69) is 50.8 Å². The summed E-state index contributed by atoms with van der Waals surface area (Å²) >= 11 is 11.4. The van der Waals surface area contributed by atoms with Gasteiger partial charge in [0, 0.05) is 35.2 Å². The van der Waals surface area contributed by atoms with Gasteiger partial charge in [0.25, 0.3) is 0 Å². The summed E-state index contributed by atoms with van der Waals surface area (Å²) in [6.45, 7) is 0.907. The zero-order valence-electron chi connectivity index (χ0n) is 9.49. The molecule has 1 heterocycles. The molecule has 0 bridgehead atoms.